The molecule has 2 heterocycles. The first kappa shape index (κ1) is 17.0. The molecule has 1 aromatic carbocycles. The van der Waals surface area contributed by atoms with E-state index in [0.717, 1.165) is 28.2 Å². The Kier molecular flexibility index (Phi) is 4.70. The second-order valence-electron chi connectivity index (χ2n) is 6.24. The number of aromatic nitrogens is 4. The summed E-state index contributed by atoms with van der Waals surface area (Å²) in [6.07, 6.45) is 2.78. The van der Waals surface area contributed by atoms with Crippen LogP contribution in [0.2, 0.25) is 0 Å². The van der Waals surface area contributed by atoms with Gasteiger partial charge in [0.05, 0.1) is 17.6 Å². The van der Waals surface area contributed by atoms with Crippen LogP contribution in [0.25, 0.3) is 5.69 Å². The van der Waals surface area contributed by atoms with Crippen LogP contribution in [-0.4, -0.2) is 25.5 Å². The molecular weight excluding hydrogens is 314 g/mol. The van der Waals surface area contributed by atoms with Gasteiger partial charge >= 0.3 is 0 Å². The van der Waals surface area contributed by atoms with Gasteiger partial charge in [0.1, 0.15) is 5.82 Å². The first-order valence-electron chi connectivity index (χ1n) is 8.36. The summed E-state index contributed by atoms with van der Waals surface area (Å²) in [7, 11) is 1.92. The average molecular weight is 337 g/mol. The first-order valence-corrected chi connectivity index (χ1v) is 8.36. The van der Waals surface area contributed by atoms with Crippen LogP contribution < -0.4 is 5.32 Å². The van der Waals surface area contributed by atoms with Crippen molar-refractivity contribution in [3.63, 3.8) is 0 Å². The molecule has 1 N–H and O–H groups in total. The molecule has 0 aliphatic rings. The number of carbonyl (C=O) groups is 1. The van der Waals surface area contributed by atoms with Crippen molar-refractivity contribution in [2.24, 2.45) is 7.05 Å². The van der Waals surface area contributed by atoms with E-state index in [9.17, 15) is 4.79 Å². The highest BCUT2D eigenvalue weighted by Gasteiger charge is 2.13. The van der Waals surface area contributed by atoms with Crippen molar-refractivity contribution in [1.82, 2.24) is 19.6 Å². The summed E-state index contributed by atoms with van der Waals surface area (Å²) in [4.78, 5) is 12.4. The van der Waals surface area contributed by atoms with Crippen LogP contribution in [0.4, 0.5) is 5.82 Å². The third kappa shape index (κ3) is 3.47. The van der Waals surface area contributed by atoms with Crippen LogP contribution in [0.15, 0.2) is 36.5 Å². The minimum absolute atomic E-state index is 0.0296. The maximum atomic E-state index is 12.4. The fourth-order valence-corrected chi connectivity index (χ4v) is 3.01. The summed E-state index contributed by atoms with van der Waals surface area (Å²) in [6, 6.07) is 9.77. The number of para-hydroxylation sites is 1. The molecule has 0 atom stereocenters. The van der Waals surface area contributed by atoms with Crippen molar-refractivity contribution in [3.8, 4) is 5.69 Å². The molecule has 6 nitrogen and oxygen atoms in total. The zero-order chi connectivity index (χ0) is 18.0. The fraction of sp³-hybridized carbons (Fsp3) is 0.316. The predicted octanol–water partition coefficient (Wildman–Crippen LogP) is 3.10. The lowest BCUT2D eigenvalue weighted by Crippen LogP contribution is -2.16. The largest absolute Gasteiger partial charge is 0.311 e. The van der Waals surface area contributed by atoms with E-state index in [2.05, 4.69) is 15.5 Å². The third-order valence-electron chi connectivity index (χ3n) is 4.51. The Morgan fingerprint density at radius 2 is 1.92 bits per heavy atom. The number of carbonyl (C=O) groups excluding carboxylic acids is 1. The van der Waals surface area contributed by atoms with Gasteiger partial charge in [-0.2, -0.15) is 10.2 Å². The summed E-state index contributed by atoms with van der Waals surface area (Å²) in [5.41, 5.74) is 5.29. The Labute approximate surface area is 147 Å². The SMILES string of the molecule is Cc1ccccc1-n1nccc1NC(=O)CCc1c(C)nn(C)c1C. The normalized spacial score (nSPS) is 10.9. The average Bonchev–Trinajstić information content (AvgIpc) is 3.11. The highest BCUT2D eigenvalue weighted by molar-refractivity contribution is 5.90. The first-order chi connectivity index (χ1) is 12.0. The number of aryl methyl sites for hydroxylation is 3. The number of hydrogen-bond acceptors (Lipinski definition) is 3. The van der Waals surface area contributed by atoms with Gasteiger partial charge < -0.3 is 5.32 Å². The van der Waals surface area contributed by atoms with Crippen molar-refractivity contribution in [1.29, 1.82) is 0 Å². The second kappa shape index (κ2) is 6.93. The van der Waals surface area contributed by atoms with E-state index in [1.165, 1.54) is 0 Å². The number of rotatable bonds is 5. The van der Waals surface area contributed by atoms with Crippen LogP contribution in [0.5, 0.6) is 0 Å². The molecule has 3 rings (SSSR count). The number of hydrogen-bond donors (Lipinski definition) is 1. The van der Waals surface area contributed by atoms with Crippen LogP contribution in [0, 0.1) is 20.8 Å². The standard InChI is InChI=1S/C19H23N5O/c1-13-7-5-6-8-17(13)24-18(11-12-20-24)21-19(25)10-9-16-14(2)22-23(4)15(16)3/h5-8,11-12H,9-10H2,1-4H3,(H,21,25). The van der Waals surface area contributed by atoms with Crippen molar-refractivity contribution >= 4 is 11.7 Å². The van der Waals surface area contributed by atoms with E-state index in [1.54, 1.807) is 10.9 Å². The number of amides is 1. The number of nitrogens with one attached hydrogen (secondary N) is 1. The van der Waals surface area contributed by atoms with Gasteiger partial charge in [-0.1, -0.05) is 18.2 Å². The van der Waals surface area contributed by atoms with Gasteiger partial charge in [0.25, 0.3) is 0 Å². The molecule has 2 aromatic heterocycles. The van der Waals surface area contributed by atoms with Crippen molar-refractivity contribution in [3.05, 3.63) is 59.0 Å². The van der Waals surface area contributed by atoms with Gasteiger partial charge in [0, 0.05) is 25.2 Å². The van der Waals surface area contributed by atoms with Crippen LogP contribution >= 0.6 is 0 Å². The zero-order valence-electron chi connectivity index (χ0n) is 15.1. The van der Waals surface area contributed by atoms with Gasteiger partial charge in [0.2, 0.25) is 5.91 Å². The minimum atomic E-state index is -0.0296. The van der Waals surface area contributed by atoms with Crippen molar-refractivity contribution in [2.45, 2.75) is 33.6 Å². The molecule has 130 valence electrons. The molecule has 0 bridgehead atoms. The van der Waals surface area contributed by atoms with Crippen LogP contribution in [0.3, 0.4) is 0 Å². The van der Waals surface area contributed by atoms with Crippen LogP contribution in [0.1, 0.15) is 28.9 Å². The summed E-state index contributed by atoms with van der Waals surface area (Å²) in [5, 5.41) is 11.7. The van der Waals surface area contributed by atoms with E-state index >= 15 is 0 Å². The monoisotopic (exact) mass is 337 g/mol. The van der Waals surface area contributed by atoms with E-state index in [1.807, 2.05) is 62.8 Å². The maximum absolute atomic E-state index is 12.4. The molecular formula is C19H23N5O. The molecule has 0 saturated carbocycles. The lowest BCUT2D eigenvalue weighted by molar-refractivity contribution is -0.116. The minimum Gasteiger partial charge on any atom is -0.311 e. The summed E-state index contributed by atoms with van der Waals surface area (Å²) in [6.45, 7) is 6.03. The van der Waals surface area contributed by atoms with Crippen LogP contribution in [-0.2, 0) is 18.3 Å². The molecule has 0 saturated heterocycles. The van der Waals surface area contributed by atoms with E-state index in [0.29, 0.717) is 18.7 Å². The predicted molar refractivity (Wildman–Crippen MR) is 97.9 cm³/mol. The fourth-order valence-electron chi connectivity index (χ4n) is 3.01. The van der Waals surface area contributed by atoms with Crippen molar-refractivity contribution in [2.75, 3.05) is 5.32 Å². The Morgan fingerprint density at radius 1 is 1.16 bits per heavy atom. The Bertz CT molecular complexity index is 906. The highest BCUT2D eigenvalue weighted by atomic mass is 16.1. The number of benzene rings is 1. The smallest absolute Gasteiger partial charge is 0.225 e. The maximum Gasteiger partial charge on any atom is 0.225 e. The molecule has 3 aromatic rings. The molecule has 1 amide bonds. The van der Waals surface area contributed by atoms with Crippen molar-refractivity contribution < 1.29 is 4.79 Å². The second-order valence-corrected chi connectivity index (χ2v) is 6.24. The molecule has 0 aliphatic heterocycles. The topological polar surface area (TPSA) is 64.7 Å². The van der Waals surface area contributed by atoms with Gasteiger partial charge in [-0.3, -0.25) is 9.48 Å². The third-order valence-corrected chi connectivity index (χ3v) is 4.51. The molecule has 0 fully saturated rings. The highest BCUT2D eigenvalue weighted by Crippen LogP contribution is 2.19. The molecule has 6 heteroatoms. The molecule has 0 spiro atoms. The lowest BCUT2D eigenvalue weighted by atomic mass is 10.1. The molecule has 0 unspecified atom stereocenters. The zero-order valence-corrected chi connectivity index (χ0v) is 15.1. The number of anilines is 1. The van der Waals surface area contributed by atoms with Gasteiger partial charge in [-0.15, -0.1) is 0 Å². The van der Waals surface area contributed by atoms with E-state index in [4.69, 9.17) is 0 Å². The Morgan fingerprint density at radius 3 is 2.60 bits per heavy atom. The summed E-state index contributed by atoms with van der Waals surface area (Å²) in [5.74, 6) is 0.650. The van der Waals surface area contributed by atoms with Gasteiger partial charge in [-0.05, 0) is 44.4 Å². The molecule has 25 heavy (non-hydrogen) atoms. The van der Waals surface area contributed by atoms with Gasteiger partial charge in [0.15, 0.2) is 0 Å². The summed E-state index contributed by atoms with van der Waals surface area (Å²) >= 11 is 0. The van der Waals surface area contributed by atoms with E-state index < -0.39 is 0 Å². The number of nitrogens with zero attached hydrogens (tertiary/aromatic N) is 4. The quantitative estimate of drug-likeness (QED) is 0.778. The lowest BCUT2D eigenvalue weighted by Gasteiger charge is -2.11. The van der Waals surface area contributed by atoms with Gasteiger partial charge in [-0.25, -0.2) is 4.68 Å². The van der Waals surface area contributed by atoms with E-state index in [-0.39, 0.29) is 5.91 Å². The molecule has 0 aliphatic carbocycles. The Hall–Kier alpha value is -2.89. The molecule has 0 radical (unpaired) electrons. The summed E-state index contributed by atoms with van der Waals surface area (Å²) < 4.78 is 3.61. The Balaban J connectivity index is 1.70.